The molecular formula is C18H24BrCl2FN2O2. The van der Waals surface area contributed by atoms with Gasteiger partial charge in [0, 0.05) is 36.2 Å². The molecule has 2 rings (SSSR count). The van der Waals surface area contributed by atoms with Crippen molar-refractivity contribution in [2.45, 2.75) is 13.2 Å². The number of ether oxygens (including phenoxy) is 1. The van der Waals surface area contributed by atoms with Crippen molar-refractivity contribution in [1.82, 2.24) is 10.6 Å². The van der Waals surface area contributed by atoms with Gasteiger partial charge in [-0.05, 0) is 35.9 Å². The summed E-state index contributed by atoms with van der Waals surface area (Å²) in [5, 5.41) is 15.2. The van der Waals surface area contributed by atoms with Crippen LogP contribution in [0.25, 0.3) is 0 Å². The summed E-state index contributed by atoms with van der Waals surface area (Å²) in [5.74, 6) is 0.556. The summed E-state index contributed by atoms with van der Waals surface area (Å²) in [6.07, 6.45) is 0. The first-order chi connectivity index (χ1) is 11.7. The lowest BCUT2D eigenvalue weighted by molar-refractivity contribution is 0.292. The van der Waals surface area contributed by atoms with E-state index in [2.05, 4.69) is 26.6 Å². The largest absolute Gasteiger partial charge is 0.489 e. The highest BCUT2D eigenvalue weighted by molar-refractivity contribution is 9.10. The van der Waals surface area contributed by atoms with Gasteiger partial charge in [-0.15, -0.1) is 24.8 Å². The van der Waals surface area contributed by atoms with E-state index in [1.165, 1.54) is 12.1 Å². The van der Waals surface area contributed by atoms with Gasteiger partial charge in [-0.2, -0.15) is 0 Å². The molecule has 26 heavy (non-hydrogen) atoms. The van der Waals surface area contributed by atoms with E-state index in [1.807, 2.05) is 18.2 Å². The standard InChI is InChI=1S/C18H22BrFN2O2.2ClH/c19-16-3-6-18(24-13-14-1-4-17(20)5-2-14)15(11-16)12-22-8-7-21-9-10-23;;/h1-6,11,21-23H,7-10,12-13H2;2*1H. The Kier molecular flexibility index (Phi) is 13.7. The highest BCUT2D eigenvalue weighted by Crippen LogP contribution is 2.24. The van der Waals surface area contributed by atoms with Gasteiger partial charge in [-0.3, -0.25) is 0 Å². The number of aliphatic hydroxyl groups excluding tert-OH is 1. The van der Waals surface area contributed by atoms with Crippen molar-refractivity contribution in [1.29, 1.82) is 0 Å². The molecule has 0 saturated carbocycles. The molecular weight excluding hydrogens is 446 g/mol. The number of aliphatic hydroxyl groups is 1. The Morgan fingerprint density at radius 3 is 2.35 bits per heavy atom. The lowest BCUT2D eigenvalue weighted by Gasteiger charge is -2.13. The molecule has 146 valence electrons. The van der Waals surface area contributed by atoms with Crippen molar-refractivity contribution in [3.63, 3.8) is 0 Å². The normalized spacial score (nSPS) is 9.96. The van der Waals surface area contributed by atoms with Gasteiger partial charge in [0.25, 0.3) is 0 Å². The highest BCUT2D eigenvalue weighted by Gasteiger charge is 2.05. The zero-order chi connectivity index (χ0) is 17.2. The summed E-state index contributed by atoms with van der Waals surface area (Å²) in [6.45, 7) is 3.41. The van der Waals surface area contributed by atoms with Crippen molar-refractivity contribution in [2.24, 2.45) is 0 Å². The lowest BCUT2D eigenvalue weighted by atomic mass is 10.2. The predicted molar refractivity (Wildman–Crippen MR) is 111 cm³/mol. The highest BCUT2D eigenvalue weighted by atomic mass is 79.9. The van der Waals surface area contributed by atoms with E-state index in [-0.39, 0.29) is 37.2 Å². The van der Waals surface area contributed by atoms with Gasteiger partial charge in [0.2, 0.25) is 0 Å². The number of rotatable bonds is 10. The second kappa shape index (κ2) is 14.2. The molecule has 4 nitrogen and oxygen atoms in total. The number of benzene rings is 2. The SMILES string of the molecule is Cl.Cl.OCCNCCNCc1cc(Br)ccc1OCc1ccc(F)cc1. The third-order valence-corrected chi connectivity index (χ3v) is 3.91. The van der Waals surface area contributed by atoms with Gasteiger partial charge in [-0.25, -0.2) is 4.39 Å². The fraction of sp³-hybridized carbons (Fsp3) is 0.333. The maximum absolute atomic E-state index is 12.9. The second-order valence-electron chi connectivity index (χ2n) is 5.32. The number of hydrogen-bond donors (Lipinski definition) is 3. The van der Waals surface area contributed by atoms with Crippen LogP contribution in [0, 0.1) is 5.82 Å². The molecule has 0 atom stereocenters. The number of hydrogen-bond acceptors (Lipinski definition) is 4. The molecule has 0 fully saturated rings. The predicted octanol–water partition coefficient (Wildman–Crippen LogP) is 3.68. The van der Waals surface area contributed by atoms with Crippen LogP contribution in [0.2, 0.25) is 0 Å². The minimum absolute atomic E-state index is 0. The Hall–Kier alpha value is -0.890. The van der Waals surface area contributed by atoms with Crippen molar-refractivity contribution < 1.29 is 14.2 Å². The number of halogens is 4. The van der Waals surface area contributed by atoms with Crippen LogP contribution in [-0.2, 0) is 13.2 Å². The molecule has 0 bridgehead atoms. The summed E-state index contributed by atoms with van der Waals surface area (Å²) >= 11 is 3.48. The van der Waals surface area contributed by atoms with Gasteiger partial charge < -0.3 is 20.5 Å². The van der Waals surface area contributed by atoms with E-state index in [0.717, 1.165) is 34.4 Å². The monoisotopic (exact) mass is 468 g/mol. The molecule has 0 aliphatic rings. The Morgan fingerprint density at radius 2 is 1.65 bits per heavy atom. The minimum atomic E-state index is -0.248. The summed E-state index contributed by atoms with van der Waals surface area (Å²) in [6, 6.07) is 12.2. The molecule has 0 unspecified atom stereocenters. The Bertz CT molecular complexity index is 633. The molecule has 0 aliphatic carbocycles. The molecule has 0 aromatic heterocycles. The average Bonchev–Trinajstić information content (AvgIpc) is 2.58. The smallest absolute Gasteiger partial charge is 0.124 e. The molecule has 8 heteroatoms. The van der Waals surface area contributed by atoms with E-state index in [0.29, 0.717) is 19.7 Å². The van der Waals surface area contributed by atoms with E-state index < -0.39 is 0 Å². The van der Waals surface area contributed by atoms with Crippen LogP contribution in [0.4, 0.5) is 4.39 Å². The zero-order valence-electron chi connectivity index (χ0n) is 14.2. The Morgan fingerprint density at radius 1 is 0.962 bits per heavy atom. The molecule has 0 saturated heterocycles. The van der Waals surface area contributed by atoms with Crippen molar-refractivity contribution >= 4 is 40.7 Å². The molecule has 0 spiro atoms. The van der Waals surface area contributed by atoms with Gasteiger partial charge in [-0.1, -0.05) is 28.1 Å². The van der Waals surface area contributed by atoms with E-state index in [9.17, 15) is 4.39 Å². The van der Waals surface area contributed by atoms with Crippen LogP contribution in [0.5, 0.6) is 5.75 Å². The molecule has 2 aromatic rings. The number of nitrogens with one attached hydrogen (secondary N) is 2. The van der Waals surface area contributed by atoms with Gasteiger partial charge in [0.1, 0.15) is 18.2 Å². The average molecular weight is 470 g/mol. The Balaban J connectivity index is 0.00000312. The van der Waals surface area contributed by atoms with Crippen molar-refractivity contribution in [2.75, 3.05) is 26.2 Å². The topological polar surface area (TPSA) is 53.5 Å². The van der Waals surface area contributed by atoms with Crippen LogP contribution in [0.15, 0.2) is 46.9 Å². The molecule has 3 N–H and O–H groups in total. The van der Waals surface area contributed by atoms with Crippen molar-refractivity contribution in [3.05, 3.63) is 63.9 Å². The molecule has 0 amide bonds. The van der Waals surface area contributed by atoms with Gasteiger partial charge in [0.15, 0.2) is 0 Å². The molecule has 0 heterocycles. The second-order valence-corrected chi connectivity index (χ2v) is 6.23. The Labute approximate surface area is 174 Å². The third kappa shape index (κ3) is 9.16. The third-order valence-electron chi connectivity index (χ3n) is 3.41. The first kappa shape index (κ1) is 25.1. The molecule has 2 aromatic carbocycles. The first-order valence-electron chi connectivity index (χ1n) is 7.87. The minimum Gasteiger partial charge on any atom is -0.489 e. The van der Waals surface area contributed by atoms with E-state index in [1.54, 1.807) is 12.1 Å². The lowest BCUT2D eigenvalue weighted by Crippen LogP contribution is -2.28. The van der Waals surface area contributed by atoms with Crippen LogP contribution in [0.1, 0.15) is 11.1 Å². The maximum Gasteiger partial charge on any atom is 0.124 e. The summed E-state index contributed by atoms with van der Waals surface area (Å²) in [4.78, 5) is 0. The van der Waals surface area contributed by atoms with Crippen LogP contribution < -0.4 is 15.4 Å². The van der Waals surface area contributed by atoms with Crippen molar-refractivity contribution in [3.8, 4) is 5.75 Å². The molecule has 0 aliphatic heterocycles. The first-order valence-corrected chi connectivity index (χ1v) is 8.66. The zero-order valence-corrected chi connectivity index (χ0v) is 17.4. The quantitative estimate of drug-likeness (QED) is 0.464. The molecule has 0 radical (unpaired) electrons. The van der Waals surface area contributed by atoms with Crippen LogP contribution >= 0.6 is 40.7 Å². The maximum atomic E-state index is 12.9. The van der Waals surface area contributed by atoms with E-state index >= 15 is 0 Å². The summed E-state index contributed by atoms with van der Waals surface area (Å²) in [5.41, 5.74) is 1.97. The van der Waals surface area contributed by atoms with E-state index in [4.69, 9.17) is 9.84 Å². The fourth-order valence-corrected chi connectivity index (χ4v) is 2.58. The van der Waals surface area contributed by atoms with Crippen LogP contribution in [0.3, 0.4) is 0 Å². The summed E-state index contributed by atoms with van der Waals surface area (Å²) in [7, 11) is 0. The van der Waals surface area contributed by atoms with Crippen LogP contribution in [-0.4, -0.2) is 31.3 Å². The fourth-order valence-electron chi connectivity index (χ4n) is 2.17. The van der Waals surface area contributed by atoms with Gasteiger partial charge >= 0.3 is 0 Å². The van der Waals surface area contributed by atoms with Gasteiger partial charge in [0.05, 0.1) is 6.61 Å². The summed E-state index contributed by atoms with van der Waals surface area (Å²) < 4.78 is 19.8.